The highest BCUT2D eigenvalue weighted by atomic mass is 19.1. The van der Waals surface area contributed by atoms with E-state index in [2.05, 4.69) is 20.2 Å². The number of ketones is 1. The standard InChI is InChI=1S/C27H25FN6O4/c1-16-10-20(22-4-3-9-37-22)24(32(16)2)25(35)26(36)31-18-5-6-21-23(11-18)38-15-19-14-33(7-8-34(19)21)27-29-12-17(28)13-30-27/h3-6,9-13,19H,7-8,14-15H2,1-2H3,(H,31,36)/t19-/m1/s1. The largest absolute Gasteiger partial charge is 0.489 e. The fourth-order valence-electron chi connectivity index (χ4n) is 5.02. The summed E-state index contributed by atoms with van der Waals surface area (Å²) in [4.78, 5) is 38.6. The number of nitrogens with one attached hydrogen (secondary N) is 1. The summed E-state index contributed by atoms with van der Waals surface area (Å²) in [5, 5.41) is 2.72. The van der Waals surface area contributed by atoms with Crippen LogP contribution in [0.4, 0.5) is 21.7 Å². The number of hydrogen-bond acceptors (Lipinski definition) is 8. The summed E-state index contributed by atoms with van der Waals surface area (Å²) < 4.78 is 26.4. The summed E-state index contributed by atoms with van der Waals surface area (Å²) in [6.07, 6.45) is 3.86. The number of ether oxygens (including phenoxy) is 1. The van der Waals surface area contributed by atoms with E-state index < -0.39 is 17.5 Å². The van der Waals surface area contributed by atoms with Gasteiger partial charge in [0.2, 0.25) is 5.95 Å². The molecule has 3 aromatic heterocycles. The summed E-state index contributed by atoms with van der Waals surface area (Å²) in [6, 6.07) is 10.7. The van der Waals surface area contributed by atoms with Crippen LogP contribution in [0.25, 0.3) is 11.3 Å². The van der Waals surface area contributed by atoms with Gasteiger partial charge < -0.3 is 28.8 Å². The number of nitrogens with zero attached hydrogens (tertiary/aromatic N) is 5. The summed E-state index contributed by atoms with van der Waals surface area (Å²) >= 11 is 0. The van der Waals surface area contributed by atoms with E-state index in [9.17, 15) is 14.0 Å². The molecule has 1 aromatic carbocycles. The lowest BCUT2D eigenvalue weighted by Gasteiger charge is -2.45. The van der Waals surface area contributed by atoms with E-state index in [1.165, 1.54) is 18.7 Å². The Balaban J connectivity index is 1.17. The van der Waals surface area contributed by atoms with Crippen LogP contribution in [-0.4, -0.2) is 58.5 Å². The first-order valence-corrected chi connectivity index (χ1v) is 12.2. The first-order valence-electron chi connectivity index (χ1n) is 12.2. The minimum absolute atomic E-state index is 0.0625. The lowest BCUT2D eigenvalue weighted by Crippen LogP contribution is -2.57. The summed E-state index contributed by atoms with van der Waals surface area (Å²) in [5.74, 6) is -0.242. The van der Waals surface area contributed by atoms with Crippen molar-refractivity contribution in [2.45, 2.75) is 13.0 Å². The molecule has 2 aliphatic heterocycles. The van der Waals surface area contributed by atoms with E-state index >= 15 is 0 Å². The number of aromatic nitrogens is 3. The fourth-order valence-corrected chi connectivity index (χ4v) is 5.02. The number of Topliss-reactive ketones (excluding diaryl/α,β-unsaturated/α-hetero) is 1. The first kappa shape index (κ1) is 23.7. The van der Waals surface area contributed by atoms with Gasteiger partial charge in [-0.25, -0.2) is 14.4 Å². The predicted octanol–water partition coefficient (Wildman–Crippen LogP) is 3.43. The molecule has 38 heavy (non-hydrogen) atoms. The molecule has 6 rings (SSSR count). The number of rotatable bonds is 5. The van der Waals surface area contributed by atoms with Crippen LogP contribution >= 0.6 is 0 Å². The molecule has 1 saturated heterocycles. The van der Waals surface area contributed by atoms with Gasteiger partial charge in [-0.2, -0.15) is 0 Å². The number of amides is 1. The Labute approximate surface area is 217 Å². The van der Waals surface area contributed by atoms with Crippen LogP contribution in [0.3, 0.4) is 0 Å². The number of carbonyl (C=O) groups is 2. The van der Waals surface area contributed by atoms with Crippen LogP contribution in [0.5, 0.6) is 5.75 Å². The summed E-state index contributed by atoms with van der Waals surface area (Å²) in [7, 11) is 1.74. The van der Waals surface area contributed by atoms with Crippen molar-refractivity contribution in [2.24, 2.45) is 7.05 Å². The van der Waals surface area contributed by atoms with Crippen LogP contribution in [0, 0.1) is 12.7 Å². The van der Waals surface area contributed by atoms with Crippen LogP contribution in [-0.2, 0) is 11.8 Å². The van der Waals surface area contributed by atoms with Gasteiger partial charge in [0.1, 0.15) is 23.8 Å². The SMILES string of the molecule is Cc1cc(-c2ccco2)c(C(=O)C(=O)Nc2ccc3c(c2)OC[C@H]2CN(c4ncc(F)cn4)CCN32)n1C. The summed E-state index contributed by atoms with van der Waals surface area (Å²) in [5.41, 5.74) is 3.03. The molecular formula is C27H25FN6O4. The van der Waals surface area contributed by atoms with Crippen molar-refractivity contribution < 1.29 is 23.1 Å². The molecule has 1 N–H and O–H groups in total. The van der Waals surface area contributed by atoms with E-state index in [0.29, 0.717) is 55.0 Å². The van der Waals surface area contributed by atoms with Gasteiger partial charge in [-0.15, -0.1) is 0 Å². The van der Waals surface area contributed by atoms with Crippen LogP contribution < -0.4 is 19.9 Å². The normalized spacial score (nSPS) is 16.4. The minimum Gasteiger partial charge on any atom is -0.489 e. The number of piperazine rings is 1. The summed E-state index contributed by atoms with van der Waals surface area (Å²) in [6.45, 7) is 4.29. The molecule has 0 radical (unpaired) electrons. The molecule has 0 aliphatic carbocycles. The van der Waals surface area contributed by atoms with Gasteiger partial charge in [0, 0.05) is 49.7 Å². The Morgan fingerprint density at radius 3 is 2.71 bits per heavy atom. The molecule has 1 atom stereocenters. The van der Waals surface area contributed by atoms with Gasteiger partial charge in [0.25, 0.3) is 11.7 Å². The number of aryl methyl sites for hydroxylation is 1. The molecule has 2 aliphatic rings. The number of fused-ring (bicyclic) bond motifs is 3. The van der Waals surface area contributed by atoms with E-state index in [4.69, 9.17) is 9.15 Å². The maximum absolute atomic E-state index is 13.2. The second-order valence-corrected chi connectivity index (χ2v) is 9.36. The molecule has 0 spiro atoms. The molecule has 10 nitrogen and oxygen atoms in total. The van der Waals surface area contributed by atoms with Crippen LogP contribution in [0.1, 0.15) is 16.2 Å². The Morgan fingerprint density at radius 1 is 1.13 bits per heavy atom. The molecule has 11 heteroatoms. The van der Waals surface area contributed by atoms with Crippen molar-refractivity contribution in [1.29, 1.82) is 0 Å². The fraction of sp³-hybridized carbons (Fsp3) is 0.259. The van der Waals surface area contributed by atoms with E-state index in [1.54, 1.807) is 35.9 Å². The molecule has 0 unspecified atom stereocenters. The molecule has 0 saturated carbocycles. The van der Waals surface area contributed by atoms with Crippen LogP contribution in [0.15, 0.2) is 59.5 Å². The highest BCUT2D eigenvalue weighted by Gasteiger charge is 2.34. The van der Waals surface area contributed by atoms with Crippen LogP contribution in [0.2, 0.25) is 0 Å². The molecule has 1 fully saturated rings. The maximum atomic E-state index is 13.2. The molecule has 5 heterocycles. The molecule has 0 bridgehead atoms. The van der Waals surface area contributed by atoms with Crippen molar-refractivity contribution >= 4 is 29.0 Å². The van der Waals surface area contributed by atoms with Crippen molar-refractivity contribution in [3.05, 3.63) is 72.3 Å². The van der Waals surface area contributed by atoms with Crippen molar-refractivity contribution in [3.63, 3.8) is 0 Å². The molecule has 1 amide bonds. The van der Waals surface area contributed by atoms with E-state index in [0.717, 1.165) is 11.4 Å². The highest BCUT2D eigenvalue weighted by molar-refractivity contribution is 6.47. The van der Waals surface area contributed by atoms with E-state index in [1.807, 2.05) is 24.0 Å². The number of carbonyl (C=O) groups excluding carboxylic acids is 2. The predicted molar refractivity (Wildman–Crippen MR) is 138 cm³/mol. The number of anilines is 3. The third-order valence-electron chi connectivity index (χ3n) is 7.01. The van der Waals surface area contributed by atoms with Crippen molar-refractivity contribution in [2.75, 3.05) is 41.4 Å². The second kappa shape index (κ2) is 9.33. The smallest absolute Gasteiger partial charge is 0.298 e. The molecule has 194 valence electrons. The highest BCUT2D eigenvalue weighted by Crippen LogP contribution is 2.38. The number of halogens is 1. The third kappa shape index (κ3) is 4.15. The zero-order chi connectivity index (χ0) is 26.4. The number of furan rings is 1. The minimum atomic E-state index is -0.749. The van der Waals surface area contributed by atoms with Crippen molar-refractivity contribution in [3.8, 4) is 17.1 Å². The Kier molecular flexibility index (Phi) is 5.82. The average Bonchev–Trinajstić information content (AvgIpc) is 3.56. The third-order valence-corrected chi connectivity index (χ3v) is 7.01. The van der Waals surface area contributed by atoms with Gasteiger partial charge in [0.05, 0.1) is 30.4 Å². The number of hydrogen-bond donors (Lipinski definition) is 1. The Morgan fingerprint density at radius 2 is 1.95 bits per heavy atom. The first-order chi connectivity index (χ1) is 18.4. The monoisotopic (exact) mass is 516 g/mol. The molecule has 4 aromatic rings. The zero-order valence-corrected chi connectivity index (χ0v) is 20.8. The van der Waals surface area contributed by atoms with Gasteiger partial charge in [-0.3, -0.25) is 9.59 Å². The Bertz CT molecular complexity index is 1520. The quantitative estimate of drug-likeness (QED) is 0.318. The van der Waals surface area contributed by atoms with Gasteiger partial charge in [-0.05, 0) is 37.3 Å². The molecular weight excluding hydrogens is 491 g/mol. The van der Waals surface area contributed by atoms with E-state index in [-0.39, 0.29) is 11.7 Å². The van der Waals surface area contributed by atoms with Gasteiger partial charge in [0.15, 0.2) is 5.82 Å². The number of benzene rings is 1. The maximum Gasteiger partial charge on any atom is 0.298 e. The Hall–Kier alpha value is -4.67. The second-order valence-electron chi connectivity index (χ2n) is 9.36. The average molecular weight is 517 g/mol. The van der Waals surface area contributed by atoms with Crippen molar-refractivity contribution in [1.82, 2.24) is 14.5 Å². The topological polar surface area (TPSA) is 106 Å². The lowest BCUT2D eigenvalue weighted by atomic mass is 10.1. The zero-order valence-electron chi connectivity index (χ0n) is 20.8. The lowest BCUT2D eigenvalue weighted by molar-refractivity contribution is -0.112. The van der Waals surface area contributed by atoms with Gasteiger partial charge >= 0.3 is 0 Å². The van der Waals surface area contributed by atoms with Gasteiger partial charge in [-0.1, -0.05) is 0 Å².